The fraction of sp³-hybridized carbons (Fsp3) is 0.211. The van der Waals surface area contributed by atoms with E-state index < -0.39 is 6.10 Å². The van der Waals surface area contributed by atoms with Crippen LogP contribution in [0.15, 0.2) is 48.5 Å². The molecule has 1 unspecified atom stereocenters. The van der Waals surface area contributed by atoms with Crippen molar-refractivity contribution in [1.29, 1.82) is 0 Å². The third-order valence-electron chi connectivity index (χ3n) is 4.01. The van der Waals surface area contributed by atoms with Gasteiger partial charge in [0.15, 0.2) is 6.29 Å². The number of aryl methyl sites for hydroxylation is 1. The number of anilines is 2. The lowest BCUT2D eigenvalue weighted by atomic mass is 10.2. The molecule has 0 aliphatic heterocycles. The number of aldehydes is 1. The molecule has 0 amide bonds. The van der Waals surface area contributed by atoms with Crippen LogP contribution in [0.2, 0.25) is 0 Å². The Bertz CT molecular complexity index is 856. The lowest BCUT2D eigenvalue weighted by Crippen LogP contribution is -2.18. The molecule has 3 rings (SSSR count). The first-order valence-corrected chi connectivity index (χ1v) is 8.31. The molecule has 4 nitrogen and oxygen atoms in total. The number of hydrogen-bond donors (Lipinski definition) is 2. The van der Waals surface area contributed by atoms with Crippen molar-refractivity contribution in [2.45, 2.75) is 19.6 Å². The van der Waals surface area contributed by atoms with E-state index in [9.17, 15) is 9.90 Å². The first kappa shape index (κ1) is 16.6. The van der Waals surface area contributed by atoms with Gasteiger partial charge in [0.2, 0.25) is 0 Å². The largest absolute Gasteiger partial charge is 0.390 e. The maximum absolute atomic E-state index is 11.7. The van der Waals surface area contributed by atoms with Gasteiger partial charge in [-0.25, -0.2) is 0 Å². The normalized spacial score (nSPS) is 12.3. The molecule has 0 saturated heterocycles. The van der Waals surface area contributed by atoms with Gasteiger partial charge in [0, 0.05) is 11.1 Å². The molecule has 1 aromatic heterocycles. The lowest BCUT2D eigenvalue weighted by molar-refractivity contribution is 0.112. The van der Waals surface area contributed by atoms with Gasteiger partial charge in [-0.1, -0.05) is 35.9 Å². The first-order valence-electron chi connectivity index (χ1n) is 7.78. The van der Waals surface area contributed by atoms with E-state index in [4.69, 9.17) is 11.6 Å². The average Bonchev–Trinajstić information content (AvgIpc) is 2.89. The van der Waals surface area contributed by atoms with Gasteiger partial charge >= 0.3 is 0 Å². The van der Waals surface area contributed by atoms with Crippen molar-refractivity contribution in [3.63, 3.8) is 0 Å². The third kappa shape index (κ3) is 3.16. The standard InChI is InChI=1S/C19H19ClN2O2/c1-13-6-8-14(9-7-13)21-19-17(12-23)16-4-2-3-5-18(16)22(19)11-15(24)10-20/h2-9,12,15,21,24H,10-11H2,1H3. The highest BCUT2D eigenvalue weighted by molar-refractivity contribution is 6.18. The number of nitrogens with one attached hydrogen (secondary N) is 1. The molecular formula is C19H19ClN2O2. The van der Waals surface area contributed by atoms with Crippen molar-refractivity contribution in [2.75, 3.05) is 11.2 Å². The number of carbonyl (C=O) groups excluding carboxylic acids is 1. The summed E-state index contributed by atoms with van der Waals surface area (Å²) in [5, 5.41) is 14.2. The number of alkyl halides is 1. The molecule has 0 saturated carbocycles. The zero-order valence-corrected chi connectivity index (χ0v) is 14.1. The van der Waals surface area contributed by atoms with E-state index in [1.807, 2.05) is 60.0 Å². The lowest BCUT2D eigenvalue weighted by Gasteiger charge is -2.16. The second-order valence-corrected chi connectivity index (χ2v) is 6.12. The second kappa shape index (κ2) is 7.07. The minimum atomic E-state index is -0.694. The number of halogens is 1. The number of aliphatic hydroxyl groups is 1. The summed E-state index contributed by atoms with van der Waals surface area (Å²) in [6.45, 7) is 2.33. The fourth-order valence-corrected chi connectivity index (χ4v) is 2.90. The topological polar surface area (TPSA) is 54.3 Å². The van der Waals surface area contributed by atoms with Crippen molar-refractivity contribution >= 4 is 40.3 Å². The molecule has 0 fully saturated rings. The zero-order chi connectivity index (χ0) is 17.1. The second-order valence-electron chi connectivity index (χ2n) is 5.81. The Kier molecular flexibility index (Phi) is 4.88. The quantitative estimate of drug-likeness (QED) is 0.523. The highest BCUT2D eigenvalue weighted by Gasteiger charge is 2.18. The molecule has 0 radical (unpaired) electrons. The number of para-hydroxylation sites is 1. The number of hydrogen-bond acceptors (Lipinski definition) is 3. The summed E-state index contributed by atoms with van der Waals surface area (Å²) in [5.74, 6) is 0.798. The molecular weight excluding hydrogens is 324 g/mol. The van der Waals surface area contributed by atoms with Gasteiger partial charge in [-0.15, -0.1) is 11.6 Å². The minimum absolute atomic E-state index is 0.132. The monoisotopic (exact) mass is 342 g/mol. The van der Waals surface area contributed by atoms with Crippen molar-refractivity contribution < 1.29 is 9.90 Å². The number of fused-ring (bicyclic) bond motifs is 1. The summed E-state index contributed by atoms with van der Waals surface area (Å²) in [4.78, 5) is 11.7. The van der Waals surface area contributed by atoms with Gasteiger partial charge < -0.3 is 15.0 Å². The molecule has 24 heavy (non-hydrogen) atoms. The van der Waals surface area contributed by atoms with Crippen molar-refractivity contribution in [2.24, 2.45) is 0 Å². The Balaban J connectivity index is 2.14. The number of rotatable bonds is 6. The smallest absolute Gasteiger partial charge is 0.154 e. The van der Waals surface area contributed by atoms with Gasteiger partial charge in [0.05, 0.1) is 29.6 Å². The molecule has 0 spiro atoms. The molecule has 1 heterocycles. The van der Waals surface area contributed by atoms with Crippen LogP contribution in [0.4, 0.5) is 11.5 Å². The summed E-state index contributed by atoms with van der Waals surface area (Å²) < 4.78 is 1.91. The highest BCUT2D eigenvalue weighted by Crippen LogP contribution is 2.31. The number of carbonyl (C=O) groups is 1. The van der Waals surface area contributed by atoms with Crippen LogP contribution in [0.3, 0.4) is 0 Å². The van der Waals surface area contributed by atoms with Crippen molar-refractivity contribution in [1.82, 2.24) is 4.57 Å². The Morgan fingerprint density at radius 3 is 2.58 bits per heavy atom. The van der Waals surface area contributed by atoms with Crippen LogP contribution in [0, 0.1) is 6.92 Å². The maximum Gasteiger partial charge on any atom is 0.154 e. The van der Waals surface area contributed by atoms with Crippen LogP contribution in [-0.2, 0) is 6.54 Å². The summed E-state index contributed by atoms with van der Waals surface area (Å²) >= 11 is 5.77. The van der Waals surface area contributed by atoms with E-state index in [1.165, 1.54) is 0 Å². The van der Waals surface area contributed by atoms with Crippen LogP contribution in [0.25, 0.3) is 10.9 Å². The minimum Gasteiger partial charge on any atom is -0.390 e. The molecule has 3 aromatic rings. The molecule has 2 N–H and O–H groups in total. The predicted molar refractivity (Wildman–Crippen MR) is 98.5 cm³/mol. The molecule has 1 atom stereocenters. The average molecular weight is 343 g/mol. The van der Waals surface area contributed by atoms with Crippen LogP contribution in [0.5, 0.6) is 0 Å². The van der Waals surface area contributed by atoms with Crippen LogP contribution in [-0.4, -0.2) is 27.9 Å². The van der Waals surface area contributed by atoms with Crippen molar-refractivity contribution in [3.05, 3.63) is 59.7 Å². The number of nitrogens with zero attached hydrogens (tertiary/aromatic N) is 1. The zero-order valence-electron chi connectivity index (χ0n) is 13.4. The summed E-state index contributed by atoms with van der Waals surface area (Å²) in [6.07, 6.45) is 0.156. The van der Waals surface area contributed by atoms with E-state index in [1.54, 1.807) is 0 Å². The highest BCUT2D eigenvalue weighted by atomic mass is 35.5. The van der Waals surface area contributed by atoms with E-state index in [2.05, 4.69) is 5.32 Å². The number of aromatic nitrogens is 1. The first-order chi connectivity index (χ1) is 11.6. The maximum atomic E-state index is 11.7. The number of benzene rings is 2. The Morgan fingerprint density at radius 1 is 1.21 bits per heavy atom. The summed E-state index contributed by atoms with van der Waals surface area (Å²) in [6, 6.07) is 15.6. The fourth-order valence-electron chi connectivity index (χ4n) is 2.81. The van der Waals surface area contributed by atoms with E-state index in [0.717, 1.165) is 28.4 Å². The predicted octanol–water partition coefficient (Wildman–Crippen LogP) is 4.11. The van der Waals surface area contributed by atoms with Gasteiger partial charge in [-0.3, -0.25) is 4.79 Å². The van der Waals surface area contributed by atoms with Gasteiger partial charge in [-0.2, -0.15) is 0 Å². The molecule has 124 valence electrons. The van der Waals surface area contributed by atoms with E-state index in [0.29, 0.717) is 17.9 Å². The summed E-state index contributed by atoms with van der Waals surface area (Å²) in [5.41, 5.74) is 3.51. The van der Waals surface area contributed by atoms with E-state index >= 15 is 0 Å². The van der Waals surface area contributed by atoms with Gasteiger partial charge in [0.1, 0.15) is 5.82 Å². The van der Waals surface area contributed by atoms with Crippen molar-refractivity contribution in [3.8, 4) is 0 Å². The van der Waals surface area contributed by atoms with Gasteiger partial charge in [0.25, 0.3) is 0 Å². The third-order valence-corrected chi connectivity index (χ3v) is 4.37. The molecule has 2 aromatic carbocycles. The molecule has 0 aliphatic carbocycles. The van der Waals surface area contributed by atoms with Crippen LogP contribution >= 0.6 is 11.6 Å². The Labute approximate surface area is 145 Å². The van der Waals surface area contributed by atoms with Crippen LogP contribution < -0.4 is 5.32 Å². The Morgan fingerprint density at radius 2 is 1.92 bits per heavy atom. The van der Waals surface area contributed by atoms with Gasteiger partial charge in [-0.05, 0) is 25.1 Å². The molecule has 0 bridgehead atoms. The molecule has 0 aliphatic rings. The number of aliphatic hydroxyl groups excluding tert-OH is 1. The Hall–Kier alpha value is -2.30. The summed E-state index contributed by atoms with van der Waals surface area (Å²) in [7, 11) is 0. The SMILES string of the molecule is Cc1ccc(Nc2c(C=O)c3ccccc3n2CC(O)CCl)cc1. The molecule has 5 heteroatoms. The van der Waals surface area contributed by atoms with E-state index in [-0.39, 0.29) is 5.88 Å². The van der Waals surface area contributed by atoms with Crippen LogP contribution in [0.1, 0.15) is 15.9 Å².